The van der Waals surface area contributed by atoms with Crippen LogP contribution in [0.3, 0.4) is 0 Å². The Morgan fingerprint density at radius 2 is 2.00 bits per heavy atom. The molecule has 0 bridgehead atoms. The lowest BCUT2D eigenvalue weighted by Crippen LogP contribution is -2.32. The van der Waals surface area contributed by atoms with Crippen molar-refractivity contribution in [3.63, 3.8) is 0 Å². The van der Waals surface area contributed by atoms with Crippen molar-refractivity contribution in [2.24, 2.45) is 5.92 Å². The summed E-state index contributed by atoms with van der Waals surface area (Å²) in [6, 6.07) is 5.69. The third-order valence-corrected chi connectivity index (χ3v) is 5.72. The van der Waals surface area contributed by atoms with Crippen molar-refractivity contribution >= 4 is 17.5 Å². The van der Waals surface area contributed by atoms with Crippen LogP contribution in [0.15, 0.2) is 18.2 Å². The minimum atomic E-state index is -0.0439. The van der Waals surface area contributed by atoms with Crippen molar-refractivity contribution in [1.29, 1.82) is 0 Å². The molecule has 2 amide bonds. The summed E-state index contributed by atoms with van der Waals surface area (Å²) >= 11 is 0. The SMILES string of the molecule is CN1C(=O)CCc2ccc(C(=O)NCCCCCC3CCNCC3)cc21. The number of unbranched alkanes of at least 4 members (excludes halogenated alkanes) is 2. The first kappa shape index (κ1) is 18.9. The van der Waals surface area contributed by atoms with E-state index in [2.05, 4.69) is 10.6 Å². The maximum atomic E-state index is 12.4. The Morgan fingerprint density at radius 1 is 1.19 bits per heavy atom. The molecule has 0 radical (unpaired) electrons. The number of piperidine rings is 1. The molecular weight excluding hydrogens is 326 g/mol. The predicted octanol–water partition coefficient (Wildman–Crippen LogP) is 2.89. The standard InChI is InChI=1S/C21H31N3O2/c1-24-19-15-18(7-6-17(19)8-9-20(24)25)21(26)23-12-4-2-3-5-16-10-13-22-14-11-16/h6-7,15-16,22H,2-5,8-14H2,1H3,(H,23,26). The fraction of sp³-hybridized carbons (Fsp3) is 0.619. The molecule has 26 heavy (non-hydrogen) atoms. The van der Waals surface area contributed by atoms with E-state index >= 15 is 0 Å². The topological polar surface area (TPSA) is 61.4 Å². The number of nitrogens with one attached hydrogen (secondary N) is 2. The Bertz CT molecular complexity index is 638. The molecule has 0 aliphatic carbocycles. The molecule has 2 aliphatic rings. The summed E-state index contributed by atoms with van der Waals surface area (Å²) in [5.41, 5.74) is 2.65. The molecule has 2 aliphatic heterocycles. The minimum absolute atomic E-state index is 0.0439. The molecule has 1 aromatic carbocycles. The van der Waals surface area contributed by atoms with Crippen LogP contribution >= 0.6 is 0 Å². The van der Waals surface area contributed by atoms with Crippen molar-refractivity contribution < 1.29 is 9.59 Å². The molecule has 0 spiro atoms. The van der Waals surface area contributed by atoms with Gasteiger partial charge >= 0.3 is 0 Å². The number of amides is 2. The molecule has 142 valence electrons. The summed E-state index contributed by atoms with van der Waals surface area (Å²) in [6.45, 7) is 3.06. The van der Waals surface area contributed by atoms with Crippen LogP contribution in [0.2, 0.25) is 0 Å². The van der Waals surface area contributed by atoms with Gasteiger partial charge in [-0.3, -0.25) is 9.59 Å². The van der Waals surface area contributed by atoms with E-state index in [0.29, 0.717) is 12.0 Å². The Balaban J connectivity index is 1.39. The van der Waals surface area contributed by atoms with Gasteiger partial charge in [0.1, 0.15) is 0 Å². The van der Waals surface area contributed by atoms with E-state index in [9.17, 15) is 9.59 Å². The molecular formula is C21H31N3O2. The van der Waals surface area contributed by atoms with Gasteiger partial charge in [0.15, 0.2) is 0 Å². The van der Waals surface area contributed by atoms with Gasteiger partial charge in [-0.2, -0.15) is 0 Å². The number of hydrogen-bond acceptors (Lipinski definition) is 3. The van der Waals surface area contributed by atoms with E-state index in [4.69, 9.17) is 0 Å². The van der Waals surface area contributed by atoms with Crippen LogP contribution in [-0.2, 0) is 11.2 Å². The summed E-state index contributed by atoms with van der Waals surface area (Å²) in [5, 5.41) is 6.43. The molecule has 0 unspecified atom stereocenters. The first-order chi connectivity index (χ1) is 12.6. The molecule has 0 atom stereocenters. The molecule has 2 N–H and O–H groups in total. The fourth-order valence-electron chi connectivity index (χ4n) is 3.98. The second kappa shape index (κ2) is 9.17. The van der Waals surface area contributed by atoms with E-state index in [1.807, 2.05) is 18.2 Å². The number of fused-ring (bicyclic) bond motifs is 1. The van der Waals surface area contributed by atoms with E-state index in [1.165, 1.54) is 45.2 Å². The zero-order chi connectivity index (χ0) is 18.4. The first-order valence-electron chi connectivity index (χ1n) is 10.0. The minimum Gasteiger partial charge on any atom is -0.352 e. The summed E-state index contributed by atoms with van der Waals surface area (Å²) in [7, 11) is 1.78. The molecule has 5 heteroatoms. The Kier molecular flexibility index (Phi) is 6.67. The largest absolute Gasteiger partial charge is 0.352 e. The van der Waals surface area contributed by atoms with E-state index < -0.39 is 0 Å². The number of benzene rings is 1. The van der Waals surface area contributed by atoms with Crippen LogP contribution < -0.4 is 15.5 Å². The summed E-state index contributed by atoms with van der Waals surface area (Å²) in [5.74, 6) is 0.961. The summed E-state index contributed by atoms with van der Waals surface area (Å²) in [6.07, 6.45) is 8.71. The smallest absolute Gasteiger partial charge is 0.251 e. The highest BCUT2D eigenvalue weighted by atomic mass is 16.2. The number of carbonyl (C=O) groups is 2. The van der Waals surface area contributed by atoms with Gasteiger partial charge in [-0.25, -0.2) is 0 Å². The van der Waals surface area contributed by atoms with Crippen LogP contribution in [0.4, 0.5) is 5.69 Å². The highest BCUT2D eigenvalue weighted by Gasteiger charge is 2.21. The van der Waals surface area contributed by atoms with Gasteiger partial charge in [0.2, 0.25) is 5.91 Å². The highest BCUT2D eigenvalue weighted by Crippen LogP contribution is 2.27. The number of aryl methyl sites for hydroxylation is 1. The lowest BCUT2D eigenvalue weighted by Gasteiger charge is -2.26. The highest BCUT2D eigenvalue weighted by molar-refractivity contribution is 5.99. The van der Waals surface area contributed by atoms with E-state index in [1.54, 1.807) is 11.9 Å². The number of carbonyl (C=O) groups excluding carboxylic acids is 2. The maximum absolute atomic E-state index is 12.4. The van der Waals surface area contributed by atoms with E-state index in [0.717, 1.165) is 36.6 Å². The number of rotatable bonds is 7. The third-order valence-electron chi connectivity index (χ3n) is 5.72. The number of anilines is 1. The molecule has 1 aromatic rings. The van der Waals surface area contributed by atoms with Gasteiger partial charge < -0.3 is 15.5 Å². The Labute approximate surface area is 156 Å². The third kappa shape index (κ3) is 4.85. The van der Waals surface area contributed by atoms with Gasteiger partial charge in [-0.05, 0) is 62.4 Å². The summed E-state index contributed by atoms with van der Waals surface area (Å²) < 4.78 is 0. The van der Waals surface area contributed by atoms with Crippen molar-refractivity contribution in [1.82, 2.24) is 10.6 Å². The second-order valence-corrected chi connectivity index (χ2v) is 7.59. The average molecular weight is 357 g/mol. The Morgan fingerprint density at radius 3 is 2.81 bits per heavy atom. The Hall–Kier alpha value is -1.88. The normalized spacial score (nSPS) is 17.9. The maximum Gasteiger partial charge on any atom is 0.251 e. The molecule has 5 nitrogen and oxygen atoms in total. The van der Waals surface area contributed by atoms with Crippen molar-refractivity contribution in [2.75, 3.05) is 31.6 Å². The van der Waals surface area contributed by atoms with Crippen LogP contribution in [0.25, 0.3) is 0 Å². The number of nitrogens with zero attached hydrogens (tertiary/aromatic N) is 1. The molecule has 3 rings (SSSR count). The van der Waals surface area contributed by atoms with Crippen LogP contribution in [-0.4, -0.2) is 38.5 Å². The first-order valence-corrected chi connectivity index (χ1v) is 10.0. The van der Waals surface area contributed by atoms with Crippen molar-refractivity contribution in [3.05, 3.63) is 29.3 Å². The zero-order valence-corrected chi connectivity index (χ0v) is 15.9. The fourth-order valence-corrected chi connectivity index (χ4v) is 3.98. The lowest BCUT2D eigenvalue weighted by molar-refractivity contribution is -0.118. The van der Waals surface area contributed by atoms with Crippen molar-refractivity contribution in [3.8, 4) is 0 Å². The van der Waals surface area contributed by atoms with Crippen LogP contribution in [0, 0.1) is 5.92 Å². The molecule has 2 heterocycles. The van der Waals surface area contributed by atoms with Crippen LogP contribution in [0.5, 0.6) is 0 Å². The van der Waals surface area contributed by atoms with Gasteiger partial charge in [0.25, 0.3) is 5.91 Å². The lowest BCUT2D eigenvalue weighted by atomic mass is 9.92. The second-order valence-electron chi connectivity index (χ2n) is 7.59. The average Bonchev–Trinajstić information content (AvgIpc) is 2.68. The van der Waals surface area contributed by atoms with Gasteiger partial charge in [0.05, 0.1) is 0 Å². The van der Waals surface area contributed by atoms with Gasteiger partial charge in [-0.15, -0.1) is 0 Å². The predicted molar refractivity (Wildman–Crippen MR) is 105 cm³/mol. The van der Waals surface area contributed by atoms with Gasteiger partial charge in [-0.1, -0.05) is 25.3 Å². The molecule has 0 saturated carbocycles. The monoisotopic (exact) mass is 357 g/mol. The van der Waals surface area contributed by atoms with Crippen LogP contribution in [0.1, 0.15) is 60.9 Å². The quantitative estimate of drug-likeness (QED) is 0.738. The molecule has 0 aromatic heterocycles. The molecule has 1 saturated heterocycles. The summed E-state index contributed by atoms with van der Waals surface area (Å²) in [4.78, 5) is 25.9. The molecule has 1 fully saturated rings. The van der Waals surface area contributed by atoms with Gasteiger partial charge in [0, 0.05) is 31.3 Å². The van der Waals surface area contributed by atoms with E-state index in [-0.39, 0.29) is 11.8 Å². The number of hydrogen-bond donors (Lipinski definition) is 2. The van der Waals surface area contributed by atoms with Crippen molar-refractivity contribution in [2.45, 2.75) is 51.4 Å². The zero-order valence-electron chi connectivity index (χ0n) is 15.9.